The van der Waals surface area contributed by atoms with Crippen LogP contribution in [0.4, 0.5) is 61.5 Å². The Kier molecular flexibility index (Phi) is 20.9. The van der Waals surface area contributed by atoms with Gasteiger partial charge in [-0.15, -0.1) is 0 Å². The molecule has 3 aromatic carbocycles. The number of benzene rings is 3. The Hall–Kier alpha value is -8.57. The Balaban J connectivity index is 0.000000157. The number of pyridine rings is 3. The van der Waals surface area contributed by atoms with Crippen molar-refractivity contribution in [2.75, 3.05) is 13.3 Å². The number of hydrogen-bond acceptors (Lipinski definition) is 6. The quantitative estimate of drug-likeness (QED) is 0.0424. The normalized spacial score (nSPS) is 12.5. The third-order valence-electron chi connectivity index (χ3n) is 15.8. The molecule has 12 aromatic rings. The van der Waals surface area contributed by atoms with E-state index in [0.717, 1.165) is 25.7 Å². The number of fused-ring (bicyclic) bond motifs is 6. The summed E-state index contributed by atoms with van der Waals surface area (Å²) in [6, 6.07) is 32.4. The van der Waals surface area contributed by atoms with Crippen molar-refractivity contribution < 1.29 is 61.5 Å². The molecule has 15 nitrogen and oxygen atoms in total. The van der Waals surface area contributed by atoms with E-state index in [1.807, 2.05) is 16.1 Å². The number of unbranched alkanes of at least 4 members (excludes halogenated alkanes) is 2. The Bertz CT molecular complexity index is 4970. The standard InChI is InChI=1S/C22H21ClF4N4O.C21H17ClF6N4O.C21H19ClF4N4O/c1-14-4-5-18-19(10-14)30(21(32)31(18)13-22(25,26)27)12-15-11-16-17(6-7-20(23)28-16)29(15)9-3-2-8-24;22-18-7-6-15-14(29-18)10-13(30(15)9-3-8-20(23,24)25)11-31-16-4-1-2-5-17(16)32(19(31)33)12-21(26,27)28;22-19-8-7-16-15(27-19)11-14(28(16)10-4-3-9-23)12-29-17-5-1-2-6-18(17)30(20(29)31)13-21(24,25)26/h4-7,10-11H,2-3,8-9,12-13H2,1H3;1-2,4-7,10H,3,8-9,11-12H2;1-2,5-8,11H,3-4,9-10,12-13H2. The third-order valence-corrected chi connectivity index (χ3v) is 16.4. The number of hydrogen-bond donors (Lipinski definition) is 0. The van der Waals surface area contributed by atoms with E-state index >= 15 is 0 Å². The fraction of sp³-hybridized carbons (Fsp3) is 0.344. The second kappa shape index (κ2) is 28.6. The highest BCUT2D eigenvalue weighted by atomic mass is 35.5. The molecular formula is C64H57Cl3F14N12O3. The molecule has 12 rings (SSSR count). The topological polar surface area (TPSA) is 134 Å². The van der Waals surface area contributed by atoms with Crippen LogP contribution >= 0.6 is 34.8 Å². The number of aromatic nitrogens is 12. The number of halogens is 17. The van der Waals surface area contributed by atoms with Gasteiger partial charge in [0, 0.05) is 43.1 Å². The highest BCUT2D eigenvalue weighted by Crippen LogP contribution is 2.31. The maximum Gasteiger partial charge on any atom is 0.406 e. The Morgan fingerprint density at radius 1 is 0.344 bits per heavy atom. The molecule has 0 bridgehead atoms. The van der Waals surface area contributed by atoms with E-state index in [4.69, 9.17) is 34.8 Å². The lowest BCUT2D eigenvalue weighted by Crippen LogP contribution is -2.30. The van der Waals surface area contributed by atoms with Crippen molar-refractivity contribution in [3.05, 3.63) is 191 Å². The summed E-state index contributed by atoms with van der Waals surface area (Å²) in [6.07, 6.45) is -17.3. The number of para-hydroxylation sites is 4. The largest absolute Gasteiger partial charge is 0.406 e. The summed E-state index contributed by atoms with van der Waals surface area (Å²) in [5.41, 5.74) is 5.61. The van der Waals surface area contributed by atoms with Gasteiger partial charge in [0.1, 0.15) is 35.1 Å². The van der Waals surface area contributed by atoms with Crippen LogP contribution in [0, 0.1) is 6.92 Å². The molecule has 0 unspecified atom stereocenters. The maximum atomic E-state index is 13.2. The monoisotopic (exact) mass is 1410 g/mol. The zero-order valence-corrected chi connectivity index (χ0v) is 52.9. The summed E-state index contributed by atoms with van der Waals surface area (Å²) in [5, 5.41) is 0.791. The molecule has 0 N–H and O–H groups in total. The third kappa shape index (κ3) is 16.3. The predicted molar refractivity (Wildman–Crippen MR) is 339 cm³/mol. The van der Waals surface area contributed by atoms with Gasteiger partial charge in [-0.2, -0.15) is 52.7 Å². The molecule has 0 aliphatic carbocycles. The SMILES string of the molecule is Cc1ccc2c(c1)n(Cc1cc3nc(Cl)ccc3n1CCCCF)c(=O)n2CC(F)(F)F.O=c1n(Cc2cc3nc(Cl)ccc3n2CCCC(F)(F)F)c2ccccc2n1CC(F)(F)F.O=c1n(Cc2cc3nc(Cl)ccc3n2CCCCF)c2ccccc2n1CC(F)(F)F. The fourth-order valence-corrected chi connectivity index (χ4v) is 12.2. The molecule has 0 fully saturated rings. The summed E-state index contributed by atoms with van der Waals surface area (Å²) in [7, 11) is 0. The summed E-state index contributed by atoms with van der Waals surface area (Å²) >= 11 is 18.0. The van der Waals surface area contributed by atoms with E-state index in [1.54, 1.807) is 89.5 Å². The first-order chi connectivity index (χ1) is 45.4. The first-order valence-corrected chi connectivity index (χ1v) is 30.9. The second-order valence-corrected chi connectivity index (χ2v) is 23.8. The lowest BCUT2D eigenvalue weighted by Gasteiger charge is -2.12. The van der Waals surface area contributed by atoms with Crippen LogP contribution in [0.2, 0.25) is 15.5 Å². The zero-order valence-electron chi connectivity index (χ0n) is 50.6. The molecule has 510 valence electrons. The molecular weight excluding hydrogens is 1360 g/mol. The molecule has 0 aliphatic heterocycles. The minimum atomic E-state index is -4.61. The molecule has 0 aliphatic rings. The van der Waals surface area contributed by atoms with Gasteiger partial charge < -0.3 is 13.7 Å². The van der Waals surface area contributed by atoms with E-state index in [1.165, 1.54) is 50.1 Å². The second-order valence-electron chi connectivity index (χ2n) is 22.7. The number of rotatable bonds is 20. The minimum absolute atomic E-state index is 0.0163. The Morgan fingerprint density at radius 3 is 0.969 bits per heavy atom. The van der Waals surface area contributed by atoms with Gasteiger partial charge in [0.25, 0.3) is 0 Å². The molecule has 32 heteroatoms. The molecule has 0 saturated carbocycles. The molecule has 96 heavy (non-hydrogen) atoms. The first kappa shape index (κ1) is 70.2. The predicted octanol–water partition coefficient (Wildman–Crippen LogP) is 16.4. The zero-order chi connectivity index (χ0) is 69.2. The van der Waals surface area contributed by atoms with Crippen LogP contribution in [0.3, 0.4) is 0 Å². The van der Waals surface area contributed by atoms with Gasteiger partial charge in [-0.3, -0.25) is 36.2 Å². The van der Waals surface area contributed by atoms with Gasteiger partial charge in [-0.1, -0.05) is 65.1 Å². The number of alkyl halides is 14. The summed E-state index contributed by atoms with van der Waals surface area (Å²) in [4.78, 5) is 51.7. The number of imidazole rings is 3. The lowest BCUT2D eigenvalue weighted by molar-refractivity contribution is -0.141. The van der Waals surface area contributed by atoms with Crippen molar-refractivity contribution in [1.82, 2.24) is 56.1 Å². The molecule has 9 aromatic heterocycles. The van der Waals surface area contributed by atoms with Crippen molar-refractivity contribution in [1.29, 1.82) is 0 Å². The van der Waals surface area contributed by atoms with Crippen LogP contribution in [0.1, 0.15) is 61.2 Å². The van der Waals surface area contributed by atoms with Crippen LogP contribution in [0.15, 0.2) is 136 Å². The van der Waals surface area contributed by atoms with Gasteiger partial charge in [-0.25, -0.2) is 29.3 Å². The highest BCUT2D eigenvalue weighted by molar-refractivity contribution is 6.30. The van der Waals surface area contributed by atoms with Crippen LogP contribution in [-0.4, -0.2) is 94.1 Å². The van der Waals surface area contributed by atoms with Gasteiger partial charge in [0.05, 0.1) is 99.2 Å². The van der Waals surface area contributed by atoms with E-state index in [0.29, 0.717) is 104 Å². The van der Waals surface area contributed by atoms with Gasteiger partial charge in [-0.05, 0) is 136 Å². The summed E-state index contributed by atoms with van der Waals surface area (Å²) < 4.78 is 193. The van der Waals surface area contributed by atoms with E-state index in [9.17, 15) is 75.8 Å². The molecule has 9 heterocycles. The van der Waals surface area contributed by atoms with Crippen molar-refractivity contribution in [3.63, 3.8) is 0 Å². The molecule has 0 amide bonds. The fourth-order valence-electron chi connectivity index (χ4n) is 11.8. The molecule has 0 atom stereocenters. The number of nitrogens with zero attached hydrogens (tertiary/aromatic N) is 12. The van der Waals surface area contributed by atoms with Crippen LogP contribution < -0.4 is 17.1 Å². The summed E-state index contributed by atoms with van der Waals surface area (Å²) in [5.74, 6) is 0. The maximum absolute atomic E-state index is 13.2. The molecule has 0 saturated heterocycles. The van der Waals surface area contributed by atoms with Crippen LogP contribution in [-0.2, 0) is 58.9 Å². The van der Waals surface area contributed by atoms with Crippen LogP contribution in [0.5, 0.6) is 0 Å². The number of aryl methyl sites for hydroxylation is 4. The van der Waals surface area contributed by atoms with Crippen molar-refractivity contribution in [3.8, 4) is 0 Å². The van der Waals surface area contributed by atoms with Gasteiger partial charge in [0.2, 0.25) is 0 Å². The summed E-state index contributed by atoms with van der Waals surface area (Å²) in [6.45, 7) is -2.34. The minimum Gasteiger partial charge on any atom is -0.342 e. The lowest BCUT2D eigenvalue weighted by atomic mass is 10.2. The average molecular weight is 1410 g/mol. The van der Waals surface area contributed by atoms with E-state index in [2.05, 4.69) is 15.0 Å². The van der Waals surface area contributed by atoms with Crippen molar-refractivity contribution in [2.45, 2.75) is 129 Å². The molecule has 0 radical (unpaired) electrons. The highest BCUT2D eigenvalue weighted by Gasteiger charge is 2.34. The van der Waals surface area contributed by atoms with E-state index in [-0.39, 0.29) is 59.8 Å². The average Bonchev–Trinajstić information content (AvgIpc) is 1.62. The first-order valence-electron chi connectivity index (χ1n) is 29.8. The Morgan fingerprint density at radius 2 is 0.646 bits per heavy atom. The molecule has 0 spiro atoms. The smallest absolute Gasteiger partial charge is 0.342 e. The van der Waals surface area contributed by atoms with Crippen molar-refractivity contribution >= 4 is 101 Å². The van der Waals surface area contributed by atoms with E-state index < -0.39 is 81.2 Å². The van der Waals surface area contributed by atoms with Gasteiger partial charge in [0.15, 0.2) is 0 Å². The Labute approximate surface area is 549 Å². The van der Waals surface area contributed by atoms with Crippen LogP contribution in [0.25, 0.3) is 66.2 Å². The van der Waals surface area contributed by atoms with Gasteiger partial charge >= 0.3 is 41.8 Å². The van der Waals surface area contributed by atoms with Crippen molar-refractivity contribution in [2.24, 2.45) is 0 Å².